The van der Waals surface area contributed by atoms with Crippen molar-refractivity contribution in [2.45, 2.75) is 26.2 Å². The molecule has 2 aliphatic rings. The van der Waals surface area contributed by atoms with Gasteiger partial charge in [-0.3, -0.25) is 0 Å². The van der Waals surface area contributed by atoms with Crippen molar-refractivity contribution in [3.63, 3.8) is 0 Å². The molecule has 0 bridgehead atoms. The smallest absolute Gasteiger partial charge is 0.359 e. The fraction of sp³-hybridized carbons (Fsp3) is 0.0952. The molecule has 50 heavy (non-hydrogen) atoms. The molecule has 2 aliphatic heterocycles. The van der Waals surface area contributed by atoms with Gasteiger partial charge in [0.15, 0.2) is 5.88 Å². The van der Waals surface area contributed by atoms with Gasteiger partial charge in [-0.1, -0.05) is 98.7 Å². The zero-order valence-electron chi connectivity index (χ0n) is 27.8. The number of fused-ring (bicyclic) bond motifs is 6. The van der Waals surface area contributed by atoms with Crippen molar-refractivity contribution in [1.82, 2.24) is 9.55 Å². The SMILES string of the molecule is CC(C)(C)c1ccnc(-n2c3[c-]c(Oc4[c-]c5c(cc4)B(c4ccccc4)OC4=CN(c6ccccc6)[CH-]N45)ccc3c3ccccc32)c1.[Pt]. The van der Waals surface area contributed by atoms with Crippen molar-refractivity contribution >= 4 is 51.0 Å². The van der Waals surface area contributed by atoms with Crippen LogP contribution in [0.2, 0.25) is 0 Å². The summed E-state index contributed by atoms with van der Waals surface area (Å²) in [5.41, 5.74) is 7.18. The maximum atomic E-state index is 6.63. The molecule has 0 atom stereocenters. The summed E-state index contributed by atoms with van der Waals surface area (Å²) in [7, 11) is 0. The molecule has 0 radical (unpaired) electrons. The minimum atomic E-state index is -0.289. The first-order chi connectivity index (χ1) is 23.9. The van der Waals surface area contributed by atoms with Crippen LogP contribution in [0.1, 0.15) is 26.3 Å². The summed E-state index contributed by atoms with van der Waals surface area (Å²) < 4.78 is 15.4. The van der Waals surface area contributed by atoms with E-state index in [1.807, 2.05) is 72.5 Å². The molecule has 5 aromatic carbocycles. The fourth-order valence-corrected chi connectivity index (χ4v) is 6.69. The Morgan fingerprint density at radius 3 is 2.30 bits per heavy atom. The monoisotopic (exact) mass is 830 g/mol. The number of hydrogen-bond donors (Lipinski definition) is 0. The van der Waals surface area contributed by atoms with E-state index in [9.17, 15) is 0 Å². The number of ether oxygens (including phenoxy) is 1. The standard InChI is InChI=1S/C42H32BN4O2.Pt/c1-42(2,3)29-22-23-44-40(24-29)47-37-17-11-10-16-34(37)35-20-18-32(25-38(35)47)48-33-19-21-36-39(26-33)46-28-45(31-14-8-5-9-15-31)27-41(46)49-43(36)30-12-6-4-7-13-30;/h4-24,27-28H,1-3H3;/q-3;. The molecule has 4 heterocycles. The van der Waals surface area contributed by atoms with Crippen LogP contribution in [-0.2, 0) is 31.1 Å². The molecule has 0 saturated carbocycles. The molecule has 9 rings (SSSR count). The van der Waals surface area contributed by atoms with E-state index in [0.717, 1.165) is 55.8 Å². The Hall–Kier alpha value is -5.26. The third-order valence-corrected chi connectivity index (χ3v) is 9.19. The van der Waals surface area contributed by atoms with Crippen LogP contribution in [0.25, 0.3) is 27.6 Å². The van der Waals surface area contributed by atoms with Gasteiger partial charge in [0.05, 0.1) is 0 Å². The molecule has 0 aliphatic carbocycles. The molecule has 2 aromatic heterocycles. The van der Waals surface area contributed by atoms with Crippen LogP contribution in [0.5, 0.6) is 11.5 Å². The van der Waals surface area contributed by atoms with Crippen LogP contribution in [0, 0.1) is 18.8 Å². The summed E-state index contributed by atoms with van der Waals surface area (Å²) in [5, 5.41) is 2.23. The van der Waals surface area contributed by atoms with Gasteiger partial charge in [-0.05, 0) is 52.2 Å². The summed E-state index contributed by atoms with van der Waals surface area (Å²) in [4.78, 5) is 8.92. The summed E-state index contributed by atoms with van der Waals surface area (Å²) in [6, 6.07) is 48.5. The Balaban J connectivity index is 0.00000361. The van der Waals surface area contributed by atoms with Crippen LogP contribution in [0.3, 0.4) is 0 Å². The van der Waals surface area contributed by atoms with Crippen molar-refractivity contribution in [2.24, 2.45) is 0 Å². The van der Waals surface area contributed by atoms with Gasteiger partial charge >= 0.3 is 6.92 Å². The Morgan fingerprint density at radius 1 is 0.780 bits per heavy atom. The molecular formula is C42H32BN4O2Pt-3. The van der Waals surface area contributed by atoms with E-state index in [0.29, 0.717) is 11.5 Å². The summed E-state index contributed by atoms with van der Waals surface area (Å²) in [5.74, 6) is 2.76. The zero-order chi connectivity index (χ0) is 33.1. The van der Waals surface area contributed by atoms with Gasteiger partial charge in [-0.25, -0.2) is 4.98 Å². The number of benzene rings is 5. The van der Waals surface area contributed by atoms with E-state index >= 15 is 0 Å². The van der Waals surface area contributed by atoms with Crippen molar-refractivity contribution in [3.05, 3.63) is 164 Å². The van der Waals surface area contributed by atoms with Gasteiger partial charge in [0.25, 0.3) is 0 Å². The van der Waals surface area contributed by atoms with Gasteiger partial charge in [0.1, 0.15) is 5.82 Å². The summed E-state index contributed by atoms with van der Waals surface area (Å²) in [6.45, 7) is 8.40. The Bertz CT molecular complexity index is 2390. The maximum absolute atomic E-state index is 6.63. The average Bonchev–Trinajstić information content (AvgIpc) is 3.71. The molecule has 6 nitrogen and oxygen atoms in total. The second-order valence-electron chi connectivity index (χ2n) is 13.4. The minimum absolute atomic E-state index is 0. The molecule has 8 heteroatoms. The molecule has 7 aromatic rings. The largest absolute Gasteiger partial charge is 0.553 e. The van der Waals surface area contributed by atoms with Crippen LogP contribution in [-0.4, -0.2) is 16.5 Å². The second kappa shape index (κ2) is 12.6. The van der Waals surface area contributed by atoms with E-state index in [4.69, 9.17) is 14.4 Å². The van der Waals surface area contributed by atoms with Crippen LogP contribution in [0.15, 0.2) is 140 Å². The predicted octanol–water partition coefficient (Wildman–Crippen LogP) is 8.25. The van der Waals surface area contributed by atoms with Crippen molar-refractivity contribution in [2.75, 3.05) is 9.80 Å². The van der Waals surface area contributed by atoms with E-state index < -0.39 is 0 Å². The number of rotatable bonds is 5. The number of para-hydroxylation sites is 2. The van der Waals surface area contributed by atoms with E-state index in [1.54, 1.807) is 0 Å². The van der Waals surface area contributed by atoms with Crippen LogP contribution in [0.4, 0.5) is 11.4 Å². The molecule has 0 fully saturated rings. The van der Waals surface area contributed by atoms with Gasteiger partial charge in [-0.2, -0.15) is 12.1 Å². The van der Waals surface area contributed by atoms with Crippen molar-refractivity contribution in [1.29, 1.82) is 0 Å². The molecule has 0 amide bonds. The van der Waals surface area contributed by atoms with Crippen LogP contribution < -0.4 is 25.5 Å². The predicted molar refractivity (Wildman–Crippen MR) is 198 cm³/mol. The number of anilines is 2. The second-order valence-corrected chi connectivity index (χ2v) is 13.4. The normalized spacial score (nSPS) is 13.8. The molecular weight excluding hydrogens is 798 g/mol. The minimum Gasteiger partial charge on any atom is -0.553 e. The van der Waals surface area contributed by atoms with Gasteiger partial charge in [0, 0.05) is 56.2 Å². The third-order valence-electron chi connectivity index (χ3n) is 9.19. The topological polar surface area (TPSA) is 42.8 Å². The van der Waals surface area contributed by atoms with Crippen molar-refractivity contribution in [3.8, 4) is 17.3 Å². The van der Waals surface area contributed by atoms with Gasteiger partial charge < -0.3 is 23.8 Å². The van der Waals surface area contributed by atoms with E-state index in [-0.39, 0.29) is 33.4 Å². The molecule has 0 N–H and O–H groups in total. The van der Waals surface area contributed by atoms with E-state index in [1.165, 1.54) is 5.56 Å². The number of aromatic nitrogens is 2. The molecule has 0 unspecified atom stereocenters. The first-order valence-electron chi connectivity index (χ1n) is 16.5. The molecule has 248 valence electrons. The Kier molecular flexibility index (Phi) is 8.04. The van der Waals surface area contributed by atoms with Crippen LogP contribution >= 0.6 is 0 Å². The fourth-order valence-electron chi connectivity index (χ4n) is 6.69. The number of nitrogens with zero attached hydrogens (tertiary/aromatic N) is 4. The summed E-state index contributed by atoms with van der Waals surface area (Å²) in [6.07, 6.45) is 3.90. The summed E-state index contributed by atoms with van der Waals surface area (Å²) >= 11 is 0. The Labute approximate surface area is 307 Å². The quantitative estimate of drug-likeness (QED) is 0.129. The first kappa shape index (κ1) is 32.0. The van der Waals surface area contributed by atoms with E-state index in [2.05, 4.69) is 115 Å². The average molecular weight is 831 g/mol. The zero-order valence-corrected chi connectivity index (χ0v) is 30.1. The Morgan fingerprint density at radius 2 is 1.50 bits per heavy atom. The van der Waals surface area contributed by atoms with Gasteiger partial charge in [-0.15, -0.1) is 41.8 Å². The third kappa shape index (κ3) is 5.56. The maximum Gasteiger partial charge on any atom is 0.359 e. The first-order valence-corrected chi connectivity index (χ1v) is 16.5. The molecule has 0 spiro atoms. The number of pyridine rings is 1. The molecule has 0 saturated heterocycles. The van der Waals surface area contributed by atoms with Crippen molar-refractivity contribution < 1.29 is 30.5 Å². The van der Waals surface area contributed by atoms with Gasteiger partial charge in [0.2, 0.25) is 0 Å². The number of hydrogen-bond acceptors (Lipinski definition) is 5.